The van der Waals surface area contributed by atoms with Crippen LogP contribution in [0.5, 0.6) is 17.4 Å². The van der Waals surface area contributed by atoms with E-state index < -0.39 is 5.97 Å². The molecule has 0 spiro atoms. The zero-order chi connectivity index (χ0) is 20.1. The minimum Gasteiger partial charge on any atom is -0.497 e. The first-order chi connectivity index (χ1) is 12.8. The van der Waals surface area contributed by atoms with Crippen LogP contribution in [0.25, 0.3) is 0 Å². The summed E-state index contributed by atoms with van der Waals surface area (Å²) in [5, 5.41) is 3.35. The molecule has 6 heteroatoms. The van der Waals surface area contributed by atoms with Crippen LogP contribution in [0.1, 0.15) is 47.4 Å². The Morgan fingerprint density at radius 3 is 2.30 bits per heavy atom. The van der Waals surface area contributed by atoms with Crippen molar-refractivity contribution in [3.05, 3.63) is 40.6 Å². The molecule has 0 aliphatic rings. The number of methoxy groups -OCH3 is 2. The number of nitrogens with zero attached hydrogens (tertiary/aromatic N) is 1. The van der Waals surface area contributed by atoms with Gasteiger partial charge in [-0.05, 0) is 63.4 Å². The number of hydrogen-bond donors (Lipinski definition) is 1. The minimum atomic E-state index is -0.493. The molecule has 0 fully saturated rings. The summed E-state index contributed by atoms with van der Waals surface area (Å²) in [6.45, 7) is 9.84. The lowest BCUT2D eigenvalue weighted by molar-refractivity contribution is 0.0598. The van der Waals surface area contributed by atoms with Crippen LogP contribution in [0, 0.1) is 20.8 Å². The van der Waals surface area contributed by atoms with Crippen LogP contribution in [0.4, 0.5) is 5.69 Å². The molecule has 27 heavy (non-hydrogen) atoms. The maximum Gasteiger partial charge on any atom is 0.345 e. The Balaban J connectivity index is 2.57. The van der Waals surface area contributed by atoms with Crippen LogP contribution in [-0.4, -0.2) is 31.2 Å². The second kappa shape index (κ2) is 8.75. The summed E-state index contributed by atoms with van der Waals surface area (Å²) < 4.78 is 16.4. The van der Waals surface area contributed by atoms with Crippen molar-refractivity contribution in [1.82, 2.24) is 4.98 Å². The molecule has 1 aromatic carbocycles. The number of pyridine rings is 1. The summed E-state index contributed by atoms with van der Waals surface area (Å²) in [7, 11) is 2.97. The van der Waals surface area contributed by atoms with Crippen molar-refractivity contribution in [2.24, 2.45) is 0 Å². The first-order valence-electron chi connectivity index (χ1n) is 9.00. The molecular formula is C21H28N2O4. The number of benzene rings is 1. The number of aromatic nitrogens is 1. The van der Waals surface area contributed by atoms with Crippen molar-refractivity contribution in [2.75, 3.05) is 19.5 Å². The number of anilines is 1. The topological polar surface area (TPSA) is 69.7 Å². The molecule has 1 atom stereocenters. The van der Waals surface area contributed by atoms with Crippen molar-refractivity contribution in [1.29, 1.82) is 0 Å². The maximum absolute atomic E-state index is 12.5. The average Bonchev–Trinajstić information content (AvgIpc) is 2.63. The molecular weight excluding hydrogens is 344 g/mol. The molecule has 2 rings (SSSR count). The van der Waals surface area contributed by atoms with E-state index in [9.17, 15) is 4.79 Å². The van der Waals surface area contributed by atoms with E-state index in [0.717, 1.165) is 29.0 Å². The summed E-state index contributed by atoms with van der Waals surface area (Å²) in [6.07, 6.45) is 0.912. The first-order valence-corrected chi connectivity index (χ1v) is 9.00. The van der Waals surface area contributed by atoms with Gasteiger partial charge in [0.05, 0.1) is 19.9 Å². The zero-order valence-corrected chi connectivity index (χ0v) is 17.1. The summed E-state index contributed by atoms with van der Waals surface area (Å²) >= 11 is 0. The second-order valence-corrected chi connectivity index (χ2v) is 6.63. The molecule has 0 amide bonds. The van der Waals surface area contributed by atoms with E-state index >= 15 is 0 Å². The molecule has 0 saturated carbocycles. The summed E-state index contributed by atoms with van der Waals surface area (Å²) in [5.74, 6) is 1.13. The quantitative estimate of drug-likeness (QED) is 0.704. The smallest absolute Gasteiger partial charge is 0.345 e. The summed E-state index contributed by atoms with van der Waals surface area (Å²) in [4.78, 5) is 17.0. The zero-order valence-electron chi connectivity index (χ0n) is 17.1. The van der Waals surface area contributed by atoms with Crippen molar-refractivity contribution < 1.29 is 19.0 Å². The molecule has 6 nitrogen and oxygen atoms in total. The van der Waals surface area contributed by atoms with Gasteiger partial charge in [-0.1, -0.05) is 6.92 Å². The Labute approximate surface area is 160 Å². The van der Waals surface area contributed by atoms with Gasteiger partial charge in [0.1, 0.15) is 17.1 Å². The maximum atomic E-state index is 12.5. The van der Waals surface area contributed by atoms with Crippen LogP contribution in [-0.2, 0) is 4.74 Å². The Bertz CT molecular complexity index is 810. The molecule has 1 unspecified atom stereocenters. The van der Waals surface area contributed by atoms with Crippen molar-refractivity contribution >= 4 is 11.7 Å². The van der Waals surface area contributed by atoms with Gasteiger partial charge in [-0.25, -0.2) is 9.78 Å². The third kappa shape index (κ3) is 4.70. The Kier molecular flexibility index (Phi) is 6.66. The van der Waals surface area contributed by atoms with Gasteiger partial charge in [0, 0.05) is 11.7 Å². The highest BCUT2D eigenvalue weighted by atomic mass is 16.5. The molecule has 1 N–H and O–H groups in total. The molecule has 146 valence electrons. The van der Waals surface area contributed by atoms with E-state index in [-0.39, 0.29) is 17.5 Å². The van der Waals surface area contributed by atoms with Crippen molar-refractivity contribution in [2.45, 2.75) is 47.1 Å². The minimum absolute atomic E-state index is 0.188. The number of hydrogen-bond acceptors (Lipinski definition) is 6. The number of aryl methyl sites for hydroxylation is 3. The van der Waals surface area contributed by atoms with Crippen LogP contribution in [0.15, 0.2) is 18.2 Å². The number of ether oxygens (including phenoxy) is 3. The van der Waals surface area contributed by atoms with Crippen LogP contribution < -0.4 is 14.8 Å². The SMILES string of the molecule is CCC(C)Nc1cc(C)nc(Oc2c(C)cc(OC)cc2C)c1C(=O)OC. The number of nitrogens with one attached hydrogen (secondary N) is 1. The highest BCUT2D eigenvalue weighted by molar-refractivity contribution is 5.98. The van der Waals surface area contributed by atoms with Gasteiger partial charge in [-0.2, -0.15) is 0 Å². The van der Waals surface area contributed by atoms with Crippen molar-refractivity contribution in [3.63, 3.8) is 0 Å². The van der Waals surface area contributed by atoms with E-state index in [1.165, 1.54) is 7.11 Å². The number of carbonyl (C=O) groups is 1. The highest BCUT2D eigenvalue weighted by Crippen LogP contribution is 2.35. The van der Waals surface area contributed by atoms with Gasteiger partial charge in [0.15, 0.2) is 0 Å². The first kappa shape index (κ1) is 20.6. The Morgan fingerprint density at radius 1 is 1.15 bits per heavy atom. The fraction of sp³-hybridized carbons (Fsp3) is 0.429. The van der Waals surface area contributed by atoms with Gasteiger partial charge < -0.3 is 19.5 Å². The third-order valence-corrected chi connectivity index (χ3v) is 4.39. The molecule has 1 heterocycles. The van der Waals surface area contributed by atoms with Gasteiger partial charge >= 0.3 is 5.97 Å². The van der Waals surface area contributed by atoms with Gasteiger partial charge in [0.25, 0.3) is 0 Å². The fourth-order valence-electron chi connectivity index (χ4n) is 2.79. The van der Waals surface area contributed by atoms with E-state index in [1.54, 1.807) is 7.11 Å². The predicted octanol–water partition coefficient (Wildman–Crippen LogP) is 4.80. The van der Waals surface area contributed by atoms with E-state index in [4.69, 9.17) is 14.2 Å². The molecule has 0 saturated heterocycles. The second-order valence-electron chi connectivity index (χ2n) is 6.63. The van der Waals surface area contributed by atoms with Gasteiger partial charge in [-0.15, -0.1) is 0 Å². The normalized spacial score (nSPS) is 11.7. The standard InChI is InChI=1S/C21H28N2O4/c1-8-14(4)22-17-11-15(5)23-20(18(17)21(24)26-7)27-19-12(2)9-16(25-6)10-13(19)3/h9-11,14H,8H2,1-7H3,(H,22,23). The van der Waals surface area contributed by atoms with E-state index in [1.807, 2.05) is 39.0 Å². The van der Waals surface area contributed by atoms with Gasteiger partial charge in [0.2, 0.25) is 5.88 Å². The predicted molar refractivity (Wildman–Crippen MR) is 106 cm³/mol. The monoisotopic (exact) mass is 372 g/mol. The lowest BCUT2D eigenvalue weighted by atomic mass is 10.1. The van der Waals surface area contributed by atoms with Crippen LogP contribution in [0.3, 0.4) is 0 Å². The lowest BCUT2D eigenvalue weighted by Crippen LogP contribution is -2.18. The summed E-state index contributed by atoms with van der Waals surface area (Å²) in [6, 6.07) is 5.79. The Hall–Kier alpha value is -2.76. The molecule has 0 radical (unpaired) electrons. The molecule has 0 aliphatic carbocycles. The highest BCUT2D eigenvalue weighted by Gasteiger charge is 2.23. The number of esters is 1. The van der Waals surface area contributed by atoms with Crippen molar-refractivity contribution in [3.8, 4) is 17.4 Å². The number of carbonyl (C=O) groups excluding carboxylic acids is 1. The molecule has 0 bridgehead atoms. The summed E-state index contributed by atoms with van der Waals surface area (Å²) in [5.41, 5.74) is 3.47. The lowest BCUT2D eigenvalue weighted by Gasteiger charge is -2.20. The third-order valence-electron chi connectivity index (χ3n) is 4.39. The Morgan fingerprint density at radius 2 is 1.78 bits per heavy atom. The van der Waals surface area contributed by atoms with Crippen LogP contribution >= 0.6 is 0 Å². The van der Waals surface area contributed by atoms with E-state index in [0.29, 0.717) is 11.4 Å². The van der Waals surface area contributed by atoms with Crippen LogP contribution in [0.2, 0.25) is 0 Å². The average molecular weight is 372 g/mol. The fourth-order valence-corrected chi connectivity index (χ4v) is 2.79. The molecule has 2 aromatic rings. The molecule has 1 aromatic heterocycles. The van der Waals surface area contributed by atoms with E-state index in [2.05, 4.69) is 24.1 Å². The largest absolute Gasteiger partial charge is 0.497 e. The molecule has 0 aliphatic heterocycles. The van der Waals surface area contributed by atoms with Gasteiger partial charge in [-0.3, -0.25) is 0 Å². The number of rotatable bonds is 7.